The van der Waals surface area contributed by atoms with Crippen LogP contribution in [0.25, 0.3) is 0 Å². The molecule has 20 heavy (non-hydrogen) atoms. The van der Waals surface area contributed by atoms with Crippen LogP contribution >= 0.6 is 0 Å². The molecule has 1 aliphatic heterocycles. The highest BCUT2D eigenvalue weighted by Crippen LogP contribution is 2.37. The van der Waals surface area contributed by atoms with Crippen molar-refractivity contribution < 1.29 is 18.7 Å². The van der Waals surface area contributed by atoms with E-state index in [2.05, 4.69) is 0 Å². The molecule has 3 nitrogen and oxygen atoms in total. The van der Waals surface area contributed by atoms with E-state index in [9.17, 15) is 18.7 Å². The third-order valence-corrected chi connectivity index (χ3v) is 4.06. The maximum absolute atomic E-state index is 13.2. The van der Waals surface area contributed by atoms with E-state index < -0.39 is 6.09 Å². The van der Waals surface area contributed by atoms with Crippen LogP contribution in [0.5, 0.6) is 0 Å². The lowest BCUT2D eigenvalue weighted by atomic mass is 9.84. The Balaban J connectivity index is 2.28. The van der Waals surface area contributed by atoms with Gasteiger partial charge in [0.05, 0.1) is 12.7 Å². The largest absolute Gasteiger partial charge is 0.465 e. The number of nitrogens with zero attached hydrogens (tertiary/aromatic N) is 1. The number of piperidine rings is 1. The van der Waals surface area contributed by atoms with E-state index in [1.54, 1.807) is 13.0 Å². The zero-order valence-electron chi connectivity index (χ0n) is 11.5. The van der Waals surface area contributed by atoms with Gasteiger partial charge in [-0.3, -0.25) is 4.39 Å². The van der Waals surface area contributed by atoms with E-state index in [-0.39, 0.29) is 24.5 Å². The highest BCUT2D eigenvalue weighted by atomic mass is 19.1. The molecule has 5 heteroatoms. The molecular weight excluding hydrogens is 264 g/mol. The van der Waals surface area contributed by atoms with Gasteiger partial charge < -0.3 is 10.0 Å². The molecule has 1 aromatic carbocycles. The second kappa shape index (κ2) is 6.20. The number of carboxylic acid groups (broad SMARTS) is 1. The van der Waals surface area contributed by atoms with Crippen molar-refractivity contribution >= 4 is 6.09 Å². The van der Waals surface area contributed by atoms with E-state index in [0.717, 1.165) is 11.1 Å². The van der Waals surface area contributed by atoms with Crippen molar-refractivity contribution in [3.05, 3.63) is 35.1 Å². The maximum atomic E-state index is 13.2. The van der Waals surface area contributed by atoms with Gasteiger partial charge in [0.15, 0.2) is 0 Å². The van der Waals surface area contributed by atoms with Gasteiger partial charge in [-0.15, -0.1) is 0 Å². The third kappa shape index (κ3) is 3.08. The van der Waals surface area contributed by atoms with Crippen molar-refractivity contribution in [3.63, 3.8) is 0 Å². The first-order valence-electron chi connectivity index (χ1n) is 6.84. The van der Waals surface area contributed by atoms with E-state index in [0.29, 0.717) is 25.8 Å². The predicted octanol–water partition coefficient (Wildman–Crippen LogP) is 3.92. The molecule has 0 saturated carbocycles. The van der Waals surface area contributed by atoms with Gasteiger partial charge in [0.1, 0.15) is 5.82 Å². The predicted molar refractivity (Wildman–Crippen MR) is 71.9 cm³/mol. The summed E-state index contributed by atoms with van der Waals surface area (Å²) in [5.41, 5.74) is 1.56. The fourth-order valence-corrected chi connectivity index (χ4v) is 2.99. The van der Waals surface area contributed by atoms with Gasteiger partial charge in [-0.05, 0) is 55.4 Å². The number of aryl methyl sites for hydroxylation is 1. The number of amides is 1. The van der Waals surface area contributed by atoms with Crippen molar-refractivity contribution in [2.75, 3.05) is 13.2 Å². The normalized spacial score (nSPS) is 22.9. The molecule has 1 aliphatic rings. The number of hydrogen-bond donors (Lipinski definition) is 1. The monoisotopic (exact) mass is 283 g/mol. The molecule has 110 valence electrons. The molecule has 1 aromatic rings. The Morgan fingerprint density at radius 2 is 2.25 bits per heavy atom. The summed E-state index contributed by atoms with van der Waals surface area (Å²) >= 11 is 0. The van der Waals surface area contributed by atoms with Crippen molar-refractivity contribution in [3.8, 4) is 0 Å². The van der Waals surface area contributed by atoms with Crippen LogP contribution in [-0.2, 0) is 0 Å². The summed E-state index contributed by atoms with van der Waals surface area (Å²) in [5, 5.41) is 9.31. The van der Waals surface area contributed by atoms with Gasteiger partial charge in [0.25, 0.3) is 0 Å². The van der Waals surface area contributed by atoms with Crippen molar-refractivity contribution in [1.82, 2.24) is 4.90 Å². The van der Waals surface area contributed by atoms with Gasteiger partial charge in [-0.2, -0.15) is 0 Å². The molecule has 0 unspecified atom stereocenters. The van der Waals surface area contributed by atoms with Crippen LogP contribution in [-0.4, -0.2) is 29.3 Å². The summed E-state index contributed by atoms with van der Waals surface area (Å²) in [6.07, 6.45) is 0.775. The summed E-state index contributed by atoms with van der Waals surface area (Å²) in [5.74, 6) is -0.144. The number of rotatable bonds is 3. The minimum Gasteiger partial charge on any atom is -0.465 e. The Labute approximate surface area is 117 Å². The van der Waals surface area contributed by atoms with Gasteiger partial charge >= 0.3 is 6.09 Å². The molecule has 2 rings (SSSR count). The molecule has 1 fully saturated rings. The number of likely N-dealkylation sites (tertiary alicyclic amines) is 1. The molecule has 1 saturated heterocycles. The average molecular weight is 283 g/mol. The van der Waals surface area contributed by atoms with Crippen molar-refractivity contribution in [2.24, 2.45) is 5.92 Å². The average Bonchev–Trinajstić information content (AvgIpc) is 2.38. The molecule has 0 radical (unpaired) electrons. The van der Waals surface area contributed by atoms with E-state index >= 15 is 0 Å². The fraction of sp³-hybridized carbons (Fsp3) is 0.533. The van der Waals surface area contributed by atoms with E-state index in [1.807, 2.05) is 0 Å². The second-order valence-electron chi connectivity index (χ2n) is 5.36. The summed E-state index contributed by atoms with van der Waals surface area (Å²) in [6.45, 7) is 1.80. The number of carbonyl (C=O) groups is 1. The van der Waals surface area contributed by atoms with Crippen molar-refractivity contribution in [1.29, 1.82) is 0 Å². The number of halogens is 2. The van der Waals surface area contributed by atoms with Crippen LogP contribution in [0.2, 0.25) is 0 Å². The van der Waals surface area contributed by atoms with Crippen LogP contribution in [0.1, 0.15) is 36.4 Å². The van der Waals surface area contributed by atoms with Gasteiger partial charge in [-0.25, -0.2) is 9.18 Å². The quantitative estimate of drug-likeness (QED) is 0.913. The summed E-state index contributed by atoms with van der Waals surface area (Å²) in [7, 11) is 0. The summed E-state index contributed by atoms with van der Waals surface area (Å²) < 4.78 is 25.7. The van der Waals surface area contributed by atoms with Crippen LogP contribution in [0.15, 0.2) is 18.2 Å². The second-order valence-corrected chi connectivity index (χ2v) is 5.36. The highest BCUT2D eigenvalue weighted by molar-refractivity contribution is 5.66. The Morgan fingerprint density at radius 3 is 2.85 bits per heavy atom. The van der Waals surface area contributed by atoms with Crippen molar-refractivity contribution in [2.45, 2.75) is 32.2 Å². The standard InChI is InChI=1S/C15H19F2NO2/c1-10-8-12(17)2-3-13(10)14-9-11(4-6-16)5-7-18(14)15(19)20/h2-3,8,11,14H,4-7,9H2,1H3,(H,19,20)/t11-,14+/m0/s1. The molecular formula is C15H19F2NO2. The fourth-order valence-electron chi connectivity index (χ4n) is 2.99. The molecule has 0 aliphatic carbocycles. The Morgan fingerprint density at radius 1 is 1.50 bits per heavy atom. The Kier molecular flexibility index (Phi) is 4.57. The maximum Gasteiger partial charge on any atom is 0.407 e. The molecule has 2 atom stereocenters. The third-order valence-electron chi connectivity index (χ3n) is 4.06. The highest BCUT2D eigenvalue weighted by Gasteiger charge is 2.33. The smallest absolute Gasteiger partial charge is 0.407 e. The van der Waals surface area contributed by atoms with Crippen LogP contribution in [0.4, 0.5) is 13.6 Å². The molecule has 0 aromatic heterocycles. The lowest BCUT2D eigenvalue weighted by Crippen LogP contribution is -2.40. The molecule has 0 bridgehead atoms. The SMILES string of the molecule is Cc1cc(F)ccc1[C@H]1C[C@@H](CCF)CCN1C(=O)O. The Bertz CT molecular complexity index is 493. The molecule has 1 N–H and O–H groups in total. The minimum absolute atomic E-state index is 0.185. The van der Waals surface area contributed by atoms with Crippen LogP contribution < -0.4 is 0 Å². The lowest BCUT2D eigenvalue weighted by molar-refractivity contribution is 0.0859. The first-order chi connectivity index (χ1) is 9.52. The molecule has 0 spiro atoms. The topological polar surface area (TPSA) is 40.5 Å². The number of hydrogen-bond acceptors (Lipinski definition) is 1. The minimum atomic E-state index is -0.975. The van der Waals surface area contributed by atoms with Crippen LogP contribution in [0, 0.1) is 18.7 Å². The number of benzene rings is 1. The summed E-state index contributed by atoms with van der Waals surface area (Å²) in [4.78, 5) is 12.7. The Hall–Kier alpha value is -1.65. The van der Waals surface area contributed by atoms with E-state index in [1.165, 1.54) is 17.0 Å². The first kappa shape index (κ1) is 14.8. The summed E-state index contributed by atoms with van der Waals surface area (Å²) in [6, 6.07) is 4.09. The zero-order chi connectivity index (χ0) is 14.7. The van der Waals surface area contributed by atoms with Gasteiger partial charge in [0, 0.05) is 6.54 Å². The van der Waals surface area contributed by atoms with Gasteiger partial charge in [0.2, 0.25) is 0 Å². The first-order valence-corrected chi connectivity index (χ1v) is 6.84. The molecule has 1 heterocycles. The van der Waals surface area contributed by atoms with Gasteiger partial charge in [-0.1, -0.05) is 6.07 Å². The molecule has 1 amide bonds. The number of alkyl halides is 1. The lowest BCUT2D eigenvalue weighted by Gasteiger charge is -2.38. The van der Waals surface area contributed by atoms with Crippen LogP contribution in [0.3, 0.4) is 0 Å². The zero-order valence-corrected chi connectivity index (χ0v) is 11.5. The van der Waals surface area contributed by atoms with E-state index in [4.69, 9.17) is 0 Å².